The summed E-state index contributed by atoms with van der Waals surface area (Å²) in [6.07, 6.45) is -4.13. The van der Waals surface area contributed by atoms with Crippen LogP contribution in [-0.2, 0) is 19.1 Å². The molecule has 8 atom stereocenters. The number of hydrogen-bond acceptors (Lipinski definition) is 5. The van der Waals surface area contributed by atoms with Crippen molar-refractivity contribution in [2.24, 2.45) is 35.0 Å². The van der Waals surface area contributed by atoms with Crippen molar-refractivity contribution in [3.63, 3.8) is 0 Å². The van der Waals surface area contributed by atoms with E-state index in [1.807, 2.05) is 19.9 Å². The summed E-state index contributed by atoms with van der Waals surface area (Å²) in [5, 5.41) is 9.70. The number of fused-ring (bicyclic) bond motifs is 1. The van der Waals surface area contributed by atoms with Crippen molar-refractivity contribution in [3.8, 4) is 0 Å². The molecule has 0 spiro atoms. The lowest BCUT2D eigenvalue weighted by Crippen LogP contribution is -2.57. The topological polar surface area (TPSA) is 72.8 Å². The fraction of sp³-hybridized carbons (Fsp3) is 0.812. The highest BCUT2D eigenvalue weighted by atomic mass is 19.4. The molecule has 3 rings (SSSR count). The molecule has 0 radical (unpaired) electrons. The Kier molecular flexibility index (Phi) is 10.8. The number of carbonyl (C=O) groups is 2. The first-order valence-electron chi connectivity index (χ1n) is 15.3. The zero-order chi connectivity index (χ0) is 32.5. The van der Waals surface area contributed by atoms with Gasteiger partial charge in [-0.1, -0.05) is 51.0 Å². The Morgan fingerprint density at radius 1 is 1.00 bits per heavy atom. The molecule has 0 aromatic rings. The van der Waals surface area contributed by atoms with Gasteiger partial charge in [-0.15, -0.1) is 0 Å². The van der Waals surface area contributed by atoms with Gasteiger partial charge in [0.25, 0.3) is 5.60 Å². The lowest BCUT2D eigenvalue weighted by Gasteiger charge is -2.45. The van der Waals surface area contributed by atoms with Crippen LogP contribution in [0.15, 0.2) is 23.3 Å². The van der Waals surface area contributed by atoms with Gasteiger partial charge in [-0.2, -0.15) is 26.3 Å². The molecule has 0 heterocycles. The minimum absolute atomic E-state index is 0.0626. The summed E-state index contributed by atoms with van der Waals surface area (Å²) in [5.74, 6) is -1.62. The minimum atomic E-state index is -5.81. The standard InChI is InChI=1S/C32H46F6O5/c1-18(17-30(41,31(33,34)35)32(36,37)38)14-19(2)26-11-12-27-23(8-7-13-29(26,27)6)9-10-24-15-25(42-21(4)39)16-28(20(24)3)43-22(5)40/h9-10,18-20,25-28,41H,7-8,11-17H2,1-6H3/b23-9+,24-10-/t18-,19?,20?,25+,26?,27?,28-,29?/m0/s1. The SMILES string of the molecule is CC(=O)O[C@@H]1C/C(=C/C=C2\CCCC3(C)C2CCC3C(C)C[C@H](C)CC(O)(C(F)(F)F)C(F)(F)F)C(C)[C@@H](OC(C)=O)C1. The Hall–Kier alpha value is -2.04. The van der Waals surface area contributed by atoms with Crippen LogP contribution >= 0.6 is 0 Å². The van der Waals surface area contributed by atoms with E-state index >= 15 is 0 Å². The first kappa shape index (κ1) is 35.4. The summed E-state index contributed by atoms with van der Waals surface area (Å²) in [4.78, 5) is 23.3. The summed E-state index contributed by atoms with van der Waals surface area (Å²) in [6, 6.07) is 0. The maximum atomic E-state index is 13.3. The molecule has 0 aromatic heterocycles. The smallest absolute Gasteiger partial charge is 0.426 e. The van der Waals surface area contributed by atoms with Crippen LogP contribution < -0.4 is 0 Å². The number of rotatable bonds is 8. The summed E-state index contributed by atoms with van der Waals surface area (Å²) in [5.41, 5.74) is -2.60. The molecule has 0 amide bonds. The van der Waals surface area contributed by atoms with Crippen LogP contribution in [0.5, 0.6) is 0 Å². The lowest BCUT2D eigenvalue weighted by molar-refractivity contribution is -0.372. The van der Waals surface area contributed by atoms with Crippen molar-refractivity contribution >= 4 is 11.9 Å². The molecule has 3 aliphatic carbocycles. The quantitative estimate of drug-likeness (QED) is 0.218. The second-order valence-electron chi connectivity index (χ2n) is 13.6. The van der Waals surface area contributed by atoms with Gasteiger partial charge in [-0.3, -0.25) is 9.59 Å². The third-order valence-electron chi connectivity index (χ3n) is 10.3. The Balaban J connectivity index is 1.77. The molecule has 0 aliphatic heterocycles. The van der Waals surface area contributed by atoms with E-state index in [1.54, 1.807) is 0 Å². The van der Waals surface area contributed by atoms with Gasteiger partial charge in [0.15, 0.2) is 0 Å². The highest BCUT2D eigenvalue weighted by molar-refractivity contribution is 5.67. The van der Waals surface area contributed by atoms with Crippen molar-refractivity contribution in [3.05, 3.63) is 23.3 Å². The highest BCUT2D eigenvalue weighted by Crippen LogP contribution is 2.60. The van der Waals surface area contributed by atoms with Gasteiger partial charge in [0.05, 0.1) is 0 Å². The van der Waals surface area contributed by atoms with Gasteiger partial charge in [-0.05, 0) is 74.0 Å². The number of allylic oxidation sites excluding steroid dienone is 3. The molecule has 3 fully saturated rings. The van der Waals surface area contributed by atoms with Crippen LogP contribution in [0.3, 0.4) is 0 Å². The average Bonchev–Trinajstić information content (AvgIpc) is 3.20. The van der Waals surface area contributed by atoms with Crippen LogP contribution in [0, 0.1) is 35.0 Å². The Morgan fingerprint density at radius 2 is 1.58 bits per heavy atom. The molecule has 3 aliphatic rings. The summed E-state index contributed by atoms with van der Waals surface area (Å²) in [6.45, 7) is 10.1. The molecule has 1 N–H and O–H groups in total. The fourth-order valence-electron chi connectivity index (χ4n) is 8.35. The second-order valence-corrected chi connectivity index (χ2v) is 13.6. The average molecular weight is 625 g/mol. The monoisotopic (exact) mass is 624 g/mol. The van der Waals surface area contributed by atoms with Crippen LogP contribution in [-0.4, -0.2) is 47.2 Å². The molecule has 5 unspecified atom stereocenters. The Bertz CT molecular complexity index is 1070. The van der Waals surface area contributed by atoms with Gasteiger partial charge in [0, 0.05) is 32.6 Å². The first-order valence-corrected chi connectivity index (χ1v) is 15.3. The highest BCUT2D eigenvalue weighted by Gasteiger charge is 2.70. The van der Waals surface area contributed by atoms with E-state index in [0.29, 0.717) is 12.8 Å². The van der Waals surface area contributed by atoms with Crippen LogP contribution in [0.2, 0.25) is 0 Å². The Labute approximate surface area is 250 Å². The number of halogens is 6. The largest absolute Gasteiger partial charge is 0.462 e. The van der Waals surface area contributed by atoms with Crippen LogP contribution in [0.4, 0.5) is 26.3 Å². The normalized spacial score (nSPS) is 33.7. The number of ether oxygens (including phenoxy) is 2. The van der Waals surface area contributed by atoms with Gasteiger partial charge < -0.3 is 14.6 Å². The maximum absolute atomic E-state index is 13.3. The summed E-state index contributed by atoms with van der Waals surface area (Å²) in [7, 11) is 0. The van der Waals surface area contributed by atoms with Crippen LogP contribution in [0.25, 0.3) is 0 Å². The summed E-state index contributed by atoms with van der Waals surface area (Å²) >= 11 is 0. The van der Waals surface area contributed by atoms with Gasteiger partial charge in [-0.25, -0.2) is 0 Å². The number of carbonyl (C=O) groups excluding carboxylic acids is 2. The van der Waals surface area contributed by atoms with Crippen molar-refractivity contribution in [1.82, 2.24) is 0 Å². The lowest BCUT2D eigenvalue weighted by atomic mass is 9.60. The molecule has 3 saturated carbocycles. The number of esters is 2. The maximum Gasteiger partial charge on any atom is 0.426 e. The number of hydrogen-bond donors (Lipinski definition) is 1. The molecule has 11 heteroatoms. The van der Waals surface area contributed by atoms with Gasteiger partial charge in [0.1, 0.15) is 12.2 Å². The number of aliphatic hydroxyl groups is 1. The first-order chi connectivity index (χ1) is 19.7. The number of alkyl halides is 6. The van der Waals surface area contributed by atoms with Gasteiger partial charge in [0.2, 0.25) is 0 Å². The van der Waals surface area contributed by atoms with E-state index in [0.717, 1.165) is 37.7 Å². The Morgan fingerprint density at radius 3 is 2.14 bits per heavy atom. The van der Waals surface area contributed by atoms with Crippen molar-refractivity contribution in [1.29, 1.82) is 0 Å². The fourth-order valence-corrected chi connectivity index (χ4v) is 8.35. The third-order valence-corrected chi connectivity index (χ3v) is 10.3. The zero-order valence-corrected chi connectivity index (χ0v) is 25.9. The van der Waals surface area contributed by atoms with E-state index in [1.165, 1.54) is 26.3 Å². The van der Waals surface area contributed by atoms with Crippen molar-refractivity contribution in [2.45, 2.75) is 129 Å². The molecule has 246 valence electrons. The predicted octanol–water partition coefficient (Wildman–Crippen LogP) is 8.26. The van der Waals surface area contributed by atoms with E-state index in [4.69, 9.17) is 9.47 Å². The second kappa shape index (κ2) is 13.1. The van der Waals surface area contributed by atoms with Crippen LogP contribution in [0.1, 0.15) is 99.3 Å². The zero-order valence-electron chi connectivity index (χ0n) is 25.9. The molecular formula is C32H46F6O5. The molecular weight excluding hydrogens is 578 g/mol. The van der Waals surface area contributed by atoms with E-state index in [2.05, 4.69) is 13.0 Å². The van der Waals surface area contributed by atoms with Gasteiger partial charge >= 0.3 is 24.3 Å². The predicted molar refractivity (Wildman–Crippen MR) is 148 cm³/mol. The molecule has 0 saturated heterocycles. The third kappa shape index (κ3) is 7.79. The molecule has 5 nitrogen and oxygen atoms in total. The minimum Gasteiger partial charge on any atom is -0.462 e. The molecule has 0 bridgehead atoms. The molecule has 43 heavy (non-hydrogen) atoms. The van der Waals surface area contributed by atoms with E-state index < -0.39 is 54.4 Å². The van der Waals surface area contributed by atoms with Crippen molar-refractivity contribution < 1.29 is 50.5 Å². The molecule has 0 aromatic carbocycles. The van der Waals surface area contributed by atoms with E-state index in [-0.39, 0.29) is 35.5 Å². The van der Waals surface area contributed by atoms with Crippen molar-refractivity contribution in [2.75, 3.05) is 0 Å². The van der Waals surface area contributed by atoms with E-state index in [9.17, 15) is 41.0 Å². The summed E-state index contributed by atoms with van der Waals surface area (Å²) < 4.78 is 90.7.